The van der Waals surface area contributed by atoms with Crippen LogP contribution in [0.15, 0.2) is 79.9 Å². The van der Waals surface area contributed by atoms with Gasteiger partial charge in [0.2, 0.25) is 0 Å². The third-order valence-corrected chi connectivity index (χ3v) is 7.85. The minimum Gasteiger partial charge on any atom is -0.490 e. The predicted octanol–water partition coefficient (Wildman–Crippen LogP) is 6.07. The summed E-state index contributed by atoms with van der Waals surface area (Å²) in [4.78, 5) is 27.2. The van der Waals surface area contributed by atoms with Gasteiger partial charge in [0.1, 0.15) is 4.90 Å². The minimum atomic E-state index is -4.34. The average molecular weight is 639 g/mol. The Bertz CT molecular complexity index is 1580. The van der Waals surface area contributed by atoms with Crippen LogP contribution in [0.5, 0.6) is 11.5 Å². The van der Waals surface area contributed by atoms with Gasteiger partial charge in [-0.3, -0.25) is 14.9 Å². The summed E-state index contributed by atoms with van der Waals surface area (Å²) in [7, 11) is -4.34. The molecule has 38 heavy (non-hydrogen) atoms. The van der Waals surface area contributed by atoms with Gasteiger partial charge in [-0.05, 0) is 94.8 Å². The highest BCUT2D eigenvalue weighted by atomic mass is 79.9. The summed E-state index contributed by atoms with van der Waals surface area (Å²) in [6.45, 7) is 1.92. The first-order chi connectivity index (χ1) is 18.1. The quantitative estimate of drug-likeness (QED) is 0.136. The van der Waals surface area contributed by atoms with Crippen molar-refractivity contribution in [3.8, 4) is 11.5 Å². The van der Waals surface area contributed by atoms with Crippen molar-refractivity contribution in [1.82, 2.24) is 5.32 Å². The van der Waals surface area contributed by atoms with Crippen molar-refractivity contribution >= 4 is 77.9 Å². The second kappa shape index (κ2) is 11.6. The fourth-order valence-corrected chi connectivity index (χ4v) is 5.74. The Morgan fingerprint density at radius 2 is 1.84 bits per heavy atom. The molecule has 1 saturated heterocycles. The van der Waals surface area contributed by atoms with Crippen molar-refractivity contribution in [1.29, 1.82) is 0 Å². The van der Waals surface area contributed by atoms with Crippen molar-refractivity contribution in [2.75, 3.05) is 6.61 Å². The van der Waals surface area contributed by atoms with Crippen molar-refractivity contribution < 1.29 is 27.1 Å². The highest BCUT2D eigenvalue weighted by Gasteiger charge is 2.26. The second-order valence-corrected chi connectivity index (χ2v) is 11.4. The minimum absolute atomic E-state index is 0.109. The van der Waals surface area contributed by atoms with Crippen molar-refractivity contribution in [2.45, 2.75) is 11.8 Å². The van der Waals surface area contributed by atoms with Crippen LogP contribution in [0.3, 0.4) is 0 Å². The zero-order valence-corrected chi connectivity index (χ0v) is 23.4. The number of nitrogens with one attached hydrogen (secondary N) is 1. The predicted molar refractivity (Wildman–Crippen MR) is 148 cm³/mol. The van der Waals surface area contributed by atoms with Gasteiger partial charge in [-0.2, -0.15) is 8.42 Å². The van der Waals surface area contributed by atoms with Crippen LogP contribution in [0.1, 0.15) is 12.5 Å². The molecular weight excluding hydrogens is 622 g/mol. The number of ether oxygens (including phenoxy) is 1. The fraction of sp³-hybridized carbons (Fsp3) is 0.0833. The third-order valence-electron chi connectivity index (χ3n) is 4.87. The van der Waals surface area contributed by atoms with E-state index in [1.165, 1.54) is 6.07 Å². The van der Waals surface area contributed by atoms with Crippen molar-refractivity contribution in [3.05, 3.63) is 90.7 Å². The molecule has 0 unspecified atom stereocenters. The summed E-state index contributed by atoms with van der Waals surface area (Å²) in [6, 6.07) is 14.2. The van der Waals surface area contributed by atoms with Crippen LogP contribution in [0.4, 0.5) is 11.4 Å². The Balaban J connectivity index is 1.61. The van der Waals surface area contributed by atoms with E-state index in [2.05, 4.69) is 26.2 Å². The molecule has 0 saturated carbocycles. The van der Waals surface area contributed by atoms with E-state index < -0.39 is 15.0 Å². The topological polar surface area (TPSA) is 137 Å². The van der Waals surface area contributed by atoms with Gasteiger partial charge in [-0.25, -0.2) is 4.99 Å². The smallest absolute Gasteiger partial charge is 0.339 e. The number of benzene rings is 3. The zero-order chi connectivity index (χ0) is 27.4. The number of nitro benzene ring substituents is 1. The molecule has 0 aromatic heterocycles. The number of non-ortho nitro benzene ring substituents is 1. The maximum atomic E-state index is 12.8. The zero-order valence-electron chi connectivity index (χ0n) is 19.4. The second-order valence-electron chi connectivity index (χ2n) is 7.51. The maximum Gasteiger partial charge on any atom is 0.339 e. The summed E-state index contributed by atoms with van der Waals surface area (Å²) in [5.41, 5.74) is 0.897. The molecule has 1 aliphatic rings. The average Bonchev–Trinajstić information content (AvgIpc) is 3.21. The number of nitro groups is 1. The lowest BCUT2D eigenvalue weighted by Gasteiger charge is -2.14. The molecule has 14 heteroatoms. The number of rotatable bonds is 8. The molecule has 1 heterocycles. The third kappa shape index (κ3) is 6.54. The van der Waals surface area contributed by atoms with Gasteiger partial charge in [0, 0.05) is 17.2 Å². The first-order valence-electron chi connectivity index (χ1n) is 10.8. The number of thioether (sulfide) groups is 1. The molecule has 3 aromatic rings. The molecule has 1 N–H and O–H groups in total. The van der Waals surface area contributed by atoms with Gasteiger partial charge in [0.15, 0.2) is 16.7 Å². The maximum absolute atomic E-state index is 12.8. The summed E-state index contributed by atoms with van der Waals surface area (Å²) < 4.78 is 36.9. The summed E-state index contributed by atoms with van der Waals surface area (Å²) in [6.07, 6.45) is 1.60. The van der Waals surface area contributed by atoms with Gasteiger partial charge in [0.05, 0.1) is 26.6 Å². The lowest BCUT2D eigenvalue weighted by molar-refractivity contribution is -0.384. The van der Waals surface area contributed by atoms with E-state index in [0.29, 0.717) is 26.3 Å². The molecule has 1 amide bonds. The first-order valence-corrected chi connectivity index (χ1v) is 14.2. The van der Waals surface area contributed by atoms with Crippen molar-refractivity contribution in [2.24, 2.45) is 4.99 Å². The Hall–Kier alpha value is -3.39. The molecule has 0 spiro atoms. The number of amidine groups is 1. The molecule has 0 radical (unpaired) electrons. The number of amides is 1. The van der Waals surface area contributed by atoms with E-state index in [9.17, 15) is 23.3 Å². The summed E-state index contributed by atoms with van der Waals surface area (Å²) >= 11 is 10.4. The molecule has 0 bridgehead atoms. The van der Waals surface area contributed by atoms with Gasteiger partial charge >= 0.3 is 10.1 Å². The Morgan fingerprint density at radius 1 is 1.16 bits per heavy atom. The Morgan fingerprint density at radius 3 is 2.47 bits per heavy atom. The van der Waals surface area contributed by atoms with Crippen LogP contribution in [-0.4, -0.2) is 31.0 Å². The standard InChI is InChI=1S/C24H17BrClN3O7S2/c1-2-35-20-12-14(13-21-23(30)28-24(37-21)27-16-5-3-15(26)4-6-16)11-19(25)22(20)36-38(33,34)18-9-7-17(8-10-18)29(31)32/h3-13H,2H2,1H3,(H,27,28,30)/b21-13+. The lowest BCUT2D eigenvalue weighted by Crippen LogP contribution is -2.19. The number of nitrogens with zero attached hydrogens (tertiary/aromatic N) is 2. The van der Waals surface area contributed by atoms with E-state index in [0.717, 1.165) is 36.0 Å². The van der Waals surface area contributed by atoms with Crippen LogP contribution in [0.25, 0.3) is 6.08 Å². The number of aliphatic imine (C=N–C) groups is 1. The molecule has 10 nitrogen and oxygen atoms in total. The number of hydrogen-bond acceptors (Lipinski definition) is 9. The number of carbonyl (C=O) groups is 1. The number of carbonyl (C=O) groups excluding carboxylic acids is 1. The normalized spacial score (nSPS) is 15.5. The van der Waals surface area contributed by atoms with Crippen LogP contribution in [-0.2, 0) is 14.9 Å². The number of halogens is 2. The molecule has 4 rings (SSSR count). The van der Waals surface area contributed by atoms with Crippen LogP contribution < -0.4 is 14.2 Å². The van der Waals surface area contributed by atoms with E-state index in [1.807, 2.05) is 0 Å². The summed E-state index contributed by atoms with van der Waals surface area (Å²) in [5.74, 6) is -0.351. The Labute approximate surface area is 235 Å². The monoisotopic (exact) mass is 637 g/mol. The molecule has 196 valence electrons. The highest BCUT2D eigenvalue weighted by molar-refractivity contribution is 9.10. The first kappa shape index (κ1) is 27.6. The Kier molecular flexibility index (Phi) is 8.41. The van der Waals surface area contributed by atoms with Crippen LogP contribution in [0, 0.1) is 10.1 Å². The molecule has 0 aliphatic carbocycles. The van der Waals surface area contributed by atoms with Crippen LogP contribution in [0.2, 0.25) is 5.02 Å². The van der Waals surface area contributed by atoms with Gasteiger partial charge in [-0.1, -0.05) is 11.6 Å². The lowest BCUT2D eigenvalue weighted by atomic mass is 10.2. The van der Waals surface area contributed by atoms with Gasteiger partial charge in [0.25, 0.3) is 11.6 Å². The number of hydrogen-bond donors (Lipinski definition) is 1. The van der Waals surface area contributed by atoms with E-state index >= 15 is 0 Å². The highest BCUT2D eigenvalue weighted by Crippen LogP contribution is 2.40. The van der Waals surface area contributed by atoms with Gasteiger partial charge < -0.3 is 14.2 Å². The van der Waals surface area contributed by atoms with Crippen LogP contribution >= 0.6 is 39.3 Å². The molecule has 0 atom stereocenters. The van der Waals surface area contributed by atoms with E-state index in [4.69, 9.17) is 20.5 Å². The van der Waals surface area contributed by atoms with E-state index in [1.54, 1.807) is 43.3 Å². The molecular formula is C24H17BrClN3O7S2. The van der Waals surface area contributed by atoms with Crippen molar-refractivity contribution in [3.63, 3.8) is 0 Å². The largest absolute Gasteiger partial charge is 0.490 e. The fourth-order valence-electron chi connectivity index (χ4n) is 3.17. The SMILES string of the molecule is CCOc1cc(/C=C2/SC(=Nc3ccc(Cl)cc3)NC2=O)cc(Br)c1OS(=O)(=O)c1ccc([N+](=O)[O-])cc1. The van der Waals surface area contributed by atoms with E-state index in [-0.39, 0.29) is 39.1 Å². The molecule has 3 aromatic carbocycles. The molecule has 1 aliphatic heterocycles. The molecule has 1 fully saturated rings. The van der Waals surface area contributed by atoms with Gasteiger partial charge in [-0.15, -0.1) is 0 Å². The summed E-state index contributed by atoms with van der Waals surface area (Å²) in [5, 5.41) is 14.5.